The molecule has 3 fully saturated rings. The molecule has 2 aromatic rings. The summed E-state index contributed by atoms with van der Waals surface area (Å²) in [5, 5.41) is 3.46. The van der Waals surface area contributed by atoms with Crippen molar-refractivity contribution >= 4 is 11.3 Å². The van der Waals surface area contributed by atoms with Gasteiger partial charge in [-0.15, -0.1) is 11.3 Å². The molecule has 0 amide bonds. The highest BCUT2D eigenvalue weighted by molar-refractivity contribution is 7.09. The maximum absolute atomic E-state index is 6.34. The zero-order valence-corrected chi connectivity index (χ0v) is 13.9. The average molecular weight is 327 g/mol. The van der Waals surface area contributed by atoms with Crippen LogP contribution in [-0.4, -0.2) is 34.1 Å². The Balaban J connectivity index is 1.21. The Bertz CT molecular complexity index is 671. The third-order valence-electron chi connectivity index (χ3n) is 5.25. The molecule has 1 saturated carbocycles. The van der Waals surface area contributed by atoms with Gasteiger partial charge in [-0.05, 0) is 30.9 Å². The number of likely N-dealkylation sites (tertiary alicyclic amines) is 1. The quantitative estimate of drug-likeness (QED) is 0.863. The predicted octanol–water partition coefficient (Wildman–Crippen LogP) is 3.38. The summed E-state index contributed by atoms with van der Waals surface area (Å²) in [5.41, 5.74) is 2.60. The largest absolute Gasteiger partial charge is 0.366 e. The van der Waals surface area contributed by atoms with Crippen LogP contribution in [-0.2, 0) is 11.3 Å². The molecule has 0 aromatic carbocycles. The first-order valence-corrected chi connectivity index (χ1v) is 9.45. The van der Waals surface area contributed by atoms with Gasteiger partial charge in [0.25, 0.3) is 0 Å². The molecule has 4 nitrogen and oxygen atoms in total. The molecule has 0 N–H and O–H groups in total. The molecule has 2 aliphatic heterocycles. The van der Waals surface area contributed by atoms with E-state index in [9.17, 15) is 0 Å². The van der Waals surface area contributed by atoms with E-state index in [1.807, 2.05) is 18.5 Å². The van der Waals surface area contributed by atoms with Gasteiger partial charge in [0, 0.05) is 49.2 Å². The fourth-order valence-corrected chi connectivity index (χ4v) is 4.85. The molecular formula is C18H21N3OS. The summed E-state index contributed by atoms with van der Waals surface area (Å²) in [6, 6.07) is 4.17. The summed E-state index contributed by atoms with van der Waals surface area (Å²) in [5.74, 6) is 1.40. The van der Waals surface area contributed by atoms with Crippen molar-refractivity contribution in [2.75, 3.05) is 13.1 Å². The lowest BCUT2D eigenvalue weighted by Gasteiger charge is -2.18. The minimum Gasteiger partial charge on any atom is -0.366 e. The van der Waals surface area contributed by atoms with Gasteiger partial charge in [-0.2, -0.15) is 0 Å². The molecule has 0 unspecified atom stereocenters. The van der Waals surface area contributed by atoms with Crippen LogP contribution in [0.15, 0.2) is 29.9 Å². The third-order valence-corrected chi connectivity index (χ3v) is 6.21. The van der Waals surface area contributed by atoms with Crippen LogP contribution < -0.4 is 0 Å². The zero-order valence-electron chi connectivity index (χ0n) is 13.1. The second-order valence-electron chi connectivity index (χ2n) is 7.10. The van der Waals surface area contributed by atoms with Gasteiger partial charge in [0.2, 0.25) is 0 Å². The molecule has 0 radical (unpaired) electrons. The van der Waals surface area contributed by atoms with Crippen molar-refractivity contribution in [2.45, 2.75) is 43.9 Å². The third kappa shape index (κ3) is 2.82. The minimum atomic E-state index is 0.239. The fourth-order valence-electron chi connectivity index (χ4n) is 3.90. The Hall–Kier alpha value is -1.30. The highest BCUT2D eigenvalue weighted by Gasteiger charge is 2.43. The summed E-state index contributed by atoms with van der Waals surface area (Å²) < 4.78 is 6.34. The Morgan fingerprint density at radius 3 is 3.04 bits per heavy atom. The molecule has 2 aromatic heterocycles. The molecular weight excluding hydrogens is 306 g/mol. The maximum Gasteiger partial charge on any atom is 0.122 e. The highest BCUT2D eigenvalue weighted by Crippen LogP contribution is 2.45. The number of thiazole rings is 1. The van der Waals surface area contributed by atoms with Crippen molar-refractivity contribution < 1.29 is 4.74 Å². The van der Waals surface area contributed by atoms with Crippen molar-refractivity contribution in [1.82, 2.24) is 14.9 Å². The Morgan fingerprint density at radius 2 is 2.26 bits per heavy atom. The van der Waals surface area contributed by atoms with E-state index in [0.717, 1.165) is 32.0 Å². The van der Waals surface area contributed by atoms with E-state index < -0.39 is 0 Å². The van der Waals surface area contributed by atoms with Gasteiger partial charge in [0.15, 0.2) is 0 Å². The standard InChI is InChI=1S/C18H21N3OS/c1-2-12(7-19-5-1)8-21-9-14-6-16(22-17(14)10-21)18-20-15(11-23-18)13-3-4-13/h1-2,5,7,11,13-14,16-17H,3-4,6,8-10H2/t14-,16-,17+/m1/s1. The Kier molecular flexibility index (Phi) is 3.46. The molecule has 4 heterocycles. The first-order valence-electron chi connectivity index (χ1n) is 8.57. The molecule has 5 rings (SSSR count). The van der Waals surface area contributed by atoms with Crippen molar-refractivity contribution in [2.24, 2.45) is 5.92 Å². The van der Waals surface area contributed by atoms with Gasteiger partial charge in [-0.25, -0.2) is 4.98 Å². The highest BCUT2D eigenvalue weighted by atomic mass is 32.1. The van der Waals surface area contributed by atoms with E-state index in [1.165, 1.54) is 29.1 Å². The van der Waals surface area contributed by atoms with Crippen LogP contribution in [0, 0.1) is 5.92 Å². The van der Waals surface area contributed by atoms with E-state index >= 15 is 0 Å². The van der Waals surface area contributed by atoms with Gasteiger partial charge in [-0.3, -0.25) is 9.88 Å². The van der Waals surface area contributed by atoms with E-state index in [1.54, 1.807) is 11.3 Å². The molecule has 0 spiro atoms. The van der Waals surface area contributed by atoms with E-state index in [4.69, 9.17) is 9.72 Å². The zero-order chi connectivity index (χ0) is 15.2. The number of hydrogen-bond acceptors (Lipinski definition) is 5. The minimum absolute atomic E-state index is 0.239. The lowest BCUT2D eigenvalue weighted by molar-refractivity contribution is 0.0369. The summed E-state index contributed by atoms with van der Waals surface area (Å²) in [6.07, 6.45) is 8.19. The van der Waals surface area contributed by atoms with Crippen molar-refractivity contribution in [3.05, 3.63) is 46.2 Å². The maximum atomic E-state index is 6.34. The van der Waals surface area contributed by atoms with Crippen LogP contribution in [0.5, 0.6) is 0 Å². The number of nitrogens with zero attached hydrogens (tertiary/aromatic N) is 3. The molecule has 3 aliphatic rings. The number of pyridine rings is 1. The number of hydrogen-bond donors (Lipinski definition) is 0. The van der Waals surface area contributed by atoms with Gasteiger partial charge >= 0.3 is 0 Å². The molecule has 2 saturated heterocycles. The summed E-state index contributed by atoms with van der Waals surface area (Å²) >= 11 is 1.80. The van der Waals surface area contributed by atoms with E-state index in [2.05, 4.69) is 21.3 Å². The smallest absolute Gasteiger partial charge is 0.122 e. The fraction of sp³-hybridized carbons (Fsp3) is 0.556. The van der Waals surface area contributed by atoms with Crippen LogP contribution in [0.1, 0.15) is 47.5 Å². The molecule has 120 valence electrons. The lowest BCUT2D eigenvalue weighted by Crippen LogP contribution is -2.23. The van der Waals surface area contributed by atoms with Gasteiger partial charge < -0.3 is 4.74 Å². The molecule has 0 bridgehead atoms. The molecule has 23 heavy (non-hydrogen) atoms. The van der Waals surface area contributed by atoms with E-state index in [0.29, 0.717) is 12.0 Å². The van der Waals surface area contributed by atoms with Crippen LogP contribution >= 0.6 is 11.3 Å². The monoisotopic (exact) mass is 327 g/mol. The van der Waals surface area contributed by atoms with Crippen molar-refractivity contribution in [1.29, 1.82) is 0 Å². The Morgan fingerprint density at radius 1 is 1.30 bits per heavy atom. The molecule has 3 atom stereocenters. The van der Waals surface area contributed by atoms with E-state index in [-0.39, 0.29) is 6.10 Å². The lowest BCUT2D eigenvalue weighted by atomic mass is 10.0. The number of fused-ring (bicyclic) bond motifs is 1. The summed E-state index contributed by atoms with van der Waals surface area (Å²) in [4.78, 5) is 11.5. The summed E-state index contributed by atoms with van der Waals surface area (Å²) in [6.45, 7) is 3.16. The van der Waals surface area contributed by atoms with Gasteiger partial charge in [0.1, 0.15) is 11.1 Å². The second kappa shape index (κ2) is 5.65. The van der Waals surface area contributed by atoms with Crippen LogP contribution in [0.2, 0.25) is 0 Å². The second-order valence-corrected chi connectivity index (χ2v) is 7.99. The Labute approximate surface area is 140 Å². The first kappa shape index (κ1) is 14.1. The van der Waals surface area contributed by atoms with Gasteiger partial charge in [0.05, 0.1) is 11.8 Å². The average Bonchev–Trinajstić information content (AvgIpc) is 2.99. The van der Waals surface area contributed by atoms with Crippen molar-refractivity contribution in [3.63, 3.8) is 0 Å². The van der Waals surface area contributed by atoms with Crippen LogP contribution in [0.25, 0.3) is 0 Å². The SMILES string of the molecule is c1cncc(CN2C[C@H]3C[C@H](c4nc(C5CC5)cs4)O[C@H]3C2)c1. The predicted molar refractivity (Wildman–Crippen MR) is 89.3 cm³/mol. The summed E-state index contributed by atoms with van der Waals surface area (Å²) in [7, 11) is 0. The van der Waals surface area contributed by atoms with Crippen LogP contribution in [0.3, 0.4) is 0 Å². The van der Waals surface area contributed by atoms with Crippen molar-refractivity contribution in [3.8, 4) is 0 Å². The first-order chi connectivity index (χ1) is 11.3. The topological polar surface area (TPSA) is 38.2 Å². The number of ether oxygens (including phenoxy) is 1. The van der Waals surface area contributed by atoms with Gasteiger partial charge in [-0.1, -0.05) is 6.07 Å². The number of aromatic nitrogens is 2. The molecule has 5 heteroatoms. The number of rotatable bonds is 4. The normalized spacial score (nSPS) is 30.7. The van der Waals surface area contributed by atoms with Crippen LogP contribution in [0.4, 0.5) is 0 Å². The molecule has 1 aliphatic carbocycles.